The van der Waals surface area contributed by atoms with Crippen LogP contribution in [0.25, 0.3) is 0 Å². The first-order chi connectivity index (χ1) is 15.2. The van der Waals surface area contributed by atoms with Gasteiger partial charge in [-0.2, -0.15) is 0 Å². The van der Waals surface area contributed by atoms with Gasteiger partial charge >= 0.3 is 12.4 Å². The highest BCUT2D eigenvalue weighted by Gasteiger charge is 2.21. The Balaban J connectivity index is 2.01. The lowest BCUT2D eigenvalue weighted by Crippen LogP contribution is -2.85. The number of hydrogen-bond acceptors (Lipinski definition) is 5. The molecule has 0 fully saturated rings. The molecule has 0 radical (unpaired) electrons. The predicted molar refractivity (Wildman–Crippen MR) is 123 cm³/mol. The number of ether oxygens (including phenoxy) is 3. The molecule has 0 aliphatic heterocycles. The maximum Gasteiger partial charge on any atom is 0.333 e. The van der Waals surface area contributed by atoms with Crippen LogP contribution >= 0.6 is 23.2 Å². The van der Waals surface area contributed by atoms with E-state index in [9.17, 15) is 15.0 Å². The molecule has 9 heteroatoms. The Bertz CT molecular complexity index is 893. The second kappa shape index (κ2) is 13.0. The van der Waals surface area contributed by atoms with E-state index in [-0.39, 0.29) is 19.1 Å². The molecule has 0 aromatic heterocycles. The van der Waals surface area contributed by atoms with Crippen molar-refractivity contribution in [1.29, 1.82) is 0 Å². The zero-order chi connectivity index (χ0) is 23.7. The quantitative estimate of drug-likeness (QED) is 0.295. The third kappa shape index (κ3) is 8.58. The Morgan fingerprint density at radius 1 is 1.16 bits per heavy atom. The van der Waals surface area contributed by atoms with Crippen molar-refractivity contribution in [2.45, 2.75) is 52.2 Å². The minimum atomic E-state index is -1.15. The van der Waals surface area contributed by atoms with Crippen molar-refractivity contribution in [3.05, 3.63) is 57.6 Å². The van der Waals surface area contributed by atoms with Crippen molar-refractivity contribution < 1.29 is 34.5 Å². The van der Waals surface area contributed by atoms with Gasteiger partial charge in [0.15, 0.2) is 11.8 Å². The number of carboxylic acid groups (broad SMARTS) is 1. The topological polar surface area (TPSA) is 102 Å². The molecule has 0 aliphatic carbocycles. The van der Waals surface area contributed by atoms with Gasteiger partial charge < -0.3 is 24.4 Å². The van der Waals surface area contributed by atoms with Gasteiger partial charge in [0.2, 0.25) is 0 Å². The molecule has 0 heterocycles. The fourth-order valence-electron chi connectivity index (χ4n) is 3.12. The summed E-state index contributed by atoms with van der Waals surface area (Å²) in [5.41, 5.74) is 2.29. The minimum Gasteiger partial charge on any atom is -0.494 e. The van der Waals surface area contributed by atoms with E-state index in [2.05, 4.69) is 0 Å². The van der Waals surface area contributed by atoms with Crippen molar-refractivity contribution in [3.8, 4) is 5.75 Å². The van der Waals surface area contributed by atoms with Crippen molar-refractivity contribution >= 4 is 34.9 Å². The molecule has 0 saturated heterocycles. The van der Waals surface area contributed by atoms with Gasteiger partial charge in [0.1, 0.15) is 10.8 Å². The largest absolute Gasteiger partial charge is 0.494 e. The van der Waals surface area contributed by atoms with Crippen molar-refractivity contribution in [2.24, 2.45) is 0 Å². The zero-order valence-corrected chi connectivity index (χ0v) is 19.9. The smallest absolute Gasteiger partial charge is 0.333 e. The second-order valence-electron chi connectivity index (χ2n) is 7.43. The van der Waals surface area contributed by atoms with Crippen LogP contribution in [0.1, 0.15) is 31.9 Å². The van der Waals surface area contributed by atoms with E-state index in [0.29, 0.717) is 34.5 Å². The summed E-state index contributed by atoms with van der Waals surface area (Å²) in [5.74, 6) is -0.312. The van der Waals surface area contributed by atoms with Gasteiger partial charge in [0, 0.05) is 17.5 Å². The molecule has 2 unspecified atom stereocenters. The summed E-state index contributed by atoms with van der Waals surface area (Å²) in [7, 11) is 0. The molecule has 7 nitrogen and oxygen atoms in total. The molecule has 2 atom stereocenters. The summed E-state index contributed by atoms with van der Waals surface area (Å²) in [5, 5.41) is 22.0. The second-order valence-corrected chi connectivity index (χ2v) is 8.28. The van der Waals surface area contributed by atoms with E-state index < -0.39 is 18.5 Å². The van der Waals surface area contributed by atoms with Crippen molar-refractivity contribution in [1.82, 2.24) is 0 Å². The molecule has 0 aliphatic rings. The summed E-state index contributed by atoms with van der Waals surface area (Å²) >= 11 is 12.0. The summed E-state index contributed by atoms with van der Waals surface area (Å²) < 4.78 is 16.7. The van der Waals surface area contributed by atoms with Crippen LogP contribution in [0.5, 0.6) is 5.75 Å². The van der Waals surface area contributed by atoms with E-state index in [1.54, 1.807) is 32.0 Å². The van der Waals surface area contributed by atoms with Crippen molar-refractivity contribution in [2.75, 3.05) is 13.2 Å². The van der Waals surface area contributed by atoms with Crippen LogP contribution in [-0.2, 0) is 27.1 Å². The van der Waals surface area contributed by atoms with Gasteiger partial charge in [-0.3, -0.25) is 5.32 Å². The number of quaternary nitrogens is 1. The highest BCUT2D eigenvalue weighted by Crippen LogP contribution is 2.23. The van der Waals surface area contributed by atoms with E-state index in [1.807, 2.05) is 25.1 Å². The lowest BCUT2D eigenvalue weighted by Gasteiger charge is -2.18. The average Bonchev–Trinajstić information content (AvgIpc) is 2.71. The molecule has 0 saturated carbocycles. The van der Waals surface area contributed by atoms with E-state index in [4.69, 9.17) is 37.4 Å². The first kappa shape index (κ1) is 26.4. The zero-order valence-electron chi connectivity index (χ0n) is 18.4. The number of aliphatic carboxylic acids is 1. The van der Waals surface area contributed by atoms with E-state index in [0.717, 1.165) is 11.1 Å². The Labute approximate surface area is 198 Å². The molecule has 2 aromatic carbocycles. The Morgan fingerprint density at radius 2 is 1.91 bits per heavy atom. The summed E-state index contributed by atoms with van der Waals surface area (Å²) in [4.78, 5) is 11.5. The Morgan fingerprint density at radius 3 is 2.53 bits per heavy atom. The maximum atomic E-state index is 11.5. The van der Waals surface area contributed by atoms with Gasteiger partial charge in [0.05, 0.1) is 19.3 Å². The lowest BCUT2D eigenvalue weighted by molar-refractivity contribution is -0.702. The third-order valence-corrected chi connectivity index (χ3v) is 5.06. The highest BCUT2D eigenvalue weighted by atomic mass is 35.5. The highest BCUT2D eigenvalue weighted by molar-refractivity contribution is 6.35. The molecule has 4 N–H and O–H groups in total. The molecular weight excluding hydrogens is 457 g/mol. The minimum absolute atomic E-state index is 0.196. The monoisotopic (exact) mass is 486 g/mol. The number of hydrogen-bond donors (Lipinski definition) is 3. The van der Waals surface area contributed by atoms with Gasteiger partial charge in [-0.1, -0.05) is 35.3 Å². The SMILES string of the molecule is CCOc1ccc(CC(OC(C)C)C(=O)O)cc1CCOC(O)[NH2+]c1ccc(Cl)cc1Cl. The summed E-state index contributed by atoms with van der Waals surface area (Å²) in [6.07, 6.45) is -1.58. The fourth-order valence-corrected chi connectivity index (χ4v) is 3.59. The summed E-state index contributed by atoms with van der Waals surface area (Å²) in [6.45, 7) is 6.21. The Kier molecular flexibility index (Phi) is 10.7. The molecule has 0 spiro atoms. The van der Waals surface area contributed by atoms with Crippen molar-refractivity contribution in [3.63, 3.8) is 0 Å². The number of nitrogens with two attached hydrogens (primary N) is 1. The van der Waals surface area contributed by atoms with Crippen LogP contribution in [0.15, 0.2) is 36.4 Å². The first-order valence-electron chi connectivity index (χ1n) is 10.4. The number of carbonyl (C=O) groups is 1. The van der Waals surface area contributed by atoms with Crippen LogP contribution in [0.4, 0.5) is 5.69 Å². The molecule has 2 rings (SSSR count). The Hall–Kier alpha value is -1.87. The molecular formula is C23H30Cl2NO6+. The van der Waals surface area contributed by atoms with Crippen LogP contribution in [0.2, 0.25) is 10.0 Å². The number of halogens is 2. The number of aliphatic hydroxyl groups is 1. The normalized spacial score (nSPS) is 13.2. The van der Waals surface area contributed by atoms with Crippen LogP contribution < -0.4 is 10.1 Å². The number of benzene rings is 2. The standard InChI is InChI=1S/C23H29Cl2NO6/c1-4-30-20-8-5-15(12-21(22(27)28)32-14(2)3)11-16(20)9-10-31-23(29)26-19-7-6-17(24)13-18(19)25/h5-8,11,13-14,21,23,26,29H,4,9-10,12H2,1-3H3,(H,27,28)/p+1. The number of aliphatic hydroxyl groups excluding tert-OH is 1. The fraction of sp³-hybridized carbons (Fsp3) is 0.435. The van der Waals surface area contributed by atoms with Gasteiger partial charge in [-0.05, 0) is 56.5 Å². The molecule has 2 aromatic rings. The average molecular weight is 487 g/mol. The van der Waals surface area contributed by atoms with E-state index >= 15 is 0 Å². The van der Waals surface area contributed by atoms with Gasteiger partial charge in [-0.25, -0.2) is 4.79 Å². The predicted octanol–water partition coefficient (Wildman–Crippen LogP) is 3.54. The van der Waals surface area contributed by atoms with Crippen LogP contribution in [0.3, 0.4) is 0 Å². The lowest BCUT2D eigenvalue weighted by atomic mass is 10.0. The van der Waals surface area contributed by atoms with Crippen LogP contribution in [0, 0.1) is 0 Å². The molecule has 0 bridgehead atoms. The summed E-state index contributed by atoms with van der Waals surface area (Å²) in [6, 6.07) is 10.5. The van der Waals surface area contributed by atoms with Crippen LogP contribution in [-0.4, -0.2) is 48.0 Å². The molecule has 32 heavy (non-hydrogen) atoms. The third-order valence-electron chi connectivity index (χ3n) is 4.50. The number of carboxylic acids is 1. The number of rotatable bonds is 13. The first-order valence-corrected chi connectivity index (χ1v) is 11.2. The van der Waals surface area contributed by atoms with E-state index in [1.165, 1.54) is 5.32 Å². The molecule has 0 amide bonds. The van der Waals surface area contributed by atoms with Gasteiger partial charge in [-0.15, -0.1) is 0 Å². The van der Waals surface area contributed by atoms with Gasteiger partial charge in [0.25, 0.3) is 0 Å². The maximum absolute atomic E-state index is 11.5. The molecule has 176 valence electrons.